The van der Waals surface area contributed by atoms with Crippen molar-refractivity contribution in [2.75, 3.05) is 13.7 Å². The molecule has 5 nitrogen and oxygen atoms in total. The summed E-state index contributed by atoms with van der Waals surface area (Å²) >= 11 is 8.86. The third-order valence-corrected chi connectivity index (χ3v) is 2.29. The van der Waals surface area contributed by atoms with Gasteiger partial charge in [0.25, 0.3) is 0 Å². The molecule has 1 N–H and O–H groups in total. The third kappa shape index (κ3) is 4.19. The maximum Gasteiger partial charge on any atom is 0.326 e. The summed E-state index contributed by atoms with van der Waals surface area (Å²) in [6.45, 7) is 0.420. The summed E-state index contributed by atoms with van der Waals surface area (Å²) in [5.74, 6) is -0.498. The first kappa shape index (κ1) is 12.5. The van der Waals surface area contributed by atoms with Gasteiger partial charge in [0.15, 0.2) is 5.38 Å². The Morgan fingerprint density at radius 3 is 3.07 bits per heavy atom. The number of H-pyrrole nitrogens is 1. The van der Waals surface area contributed by atoms with E-state index < -0.39 is 11.3 Å². The minimum Gasteiger partial charge on any atom is -0.468 e. The van der Waals surface area contributed by atoms with E-state index in [9.17, 15) is 4.79 Å². The highest BCUT2D eigenvalue weighted by Gasteiger charge is 2.15. The van der Waals surface area contributed by atoms with Gasteiger partial charge in [0, 0.05) is 0 Å². The SMILES string of the molecule is COC(=O)[C@H](Cl)COCc1cc(Br)n[nH]1. The van der Waals surface area contributed by atoms with Gasteiger partial charge in [0.1, 0.15) is 4.60 Å². The molecule has 0 aromatic carbocycles. The van der Waals surface area contributed by atoms with Crippen LogP contribution >= 0.6 is 27.5 Å². The zero-order chi connectivity index (χ0) is 11.3. The van der Waals surface area contributed by atoms with Crippen LogP contribution < -0.4 is 0 Å². The molecule has 15 heavy (non-hydrogen) atoms. The minimum absolute atomic E-state index is 0.102. The topological polar surface area (TPSA) is 64.2 Å². The Balaban J connectivity index is 2.24. The first-order valence-corrected chi connectivity index (χ1v) is 5.36. The predicted molar refractivity (Wildman–Crippen MR) is 57.6 cm³/mol. The van der Waals surface area contributed by atoms with Crippen LogP contribution in [-0.4, -0.2) is 35.3 Å². The Morgan fingerprint density at radius 2 is 2.53 bits per heavy atom. The van der Waals surface area contributed by atoms with Gasteiger partial charge >= 0.3 is 5.97 Å². The Hall–Kier alpha value is -0.590. The molecule has 1 atom stereocenters. The summed E-state index contributed by atoms with van der Waals surface area (Å²) in [5, 5.41) is 5.82. The number of aromatic nitrogens is 2. The van der Waals surface area contributed by atoms with Crippen LogP contribution in [0.2, 0.25) is 0 Å². The van der Waals surface area contributed by atoms with E-state index in [0.717, 1.165) is 5.69 Å². The Kier molecular flexibility index (Phi) is 5.07. The van der Waals surface area contributed by atoms with E-state index in [1.54, 1.807) is 6.07 Å². The molecule has 1 rings (SSSR count). The number of methoxy groups -OCH3 is 1. The lowest BCUT2D eigenvalue weighted by atomic mass is 10.4. The number of nitrogens with zero attached hydrogens (tertiary/aromatic N) is 1. The first-order chi connectivity index (χ1) is 7.13. The van der Waals surface area contributed by atoms with Crippen LogP contribution in [0.15, 0.2) is 10.7 Å². The predicted octanol–water partition coefficient (Wildman–Crippen LogP) is 1.47. The molecule has 1 heterocycles. The molecule has 0 aliphatic heterocycles. The molecule has 0 amide bonds. The smallest absolute Gasteiger partial charge is 0.326 e. The number of halogens is 2. The lowest BCUT2D eigenvalue weighted by Gasteiger charge is -2.06. The zero-order valence-corrected chi connectivity index (χ0v) is 10.3. The van der Waals surface area contributed by atoms with Gasteiger partial charge < -0.3 is 9.47 Å². The third-order valence-electron chi connectivity index (χ3n) is 1.58. The Bertz CT molecular complexity index is 331. The lowest BCUT2D eigenvalue weighted by Crippen LogP contribution is -2.21. The second kappa shape index (κ2) is 6.09. The van der Waals surface area contributed by atoms with Crippen LogP contribution in [0.25, 0.3) is 0 Å². The second-order valence-corrected chi connectivity index (χ2v) is 4.06. The number of esters is 1. The van der Waals surface area contributed by atoms with Crippen LogP contribution in [0.1, 0.15) is 5.69 Å². The second-order valence-electron chi connectivity index (χ2n) is 2.72. The van der Waals surface area contributed by atoms with Crippen molar-refractivity contribution in [1.82, 2.24) is 10.2 Å². The van der Waals surface area contributed by atoms with E-state index >= 15 is 0 Å². The average molecular weight is 298 g/mol. The highest BCUT2D eigenvalue weighted by atomic mass is 79.9. The van der Waals surface area contributed by atoms with Crippen molar-refractivity contribution >= 4 is 33.5 Å². The molecule has 0 fully saturated rings. The van der Waals surface area contributed by atoms with Gasteiger partial charge in [0.05, 0.1) is 26.0 Å². The van der Waals surface area contributed by atoms with Crippen molar-refractivity contribution in [3.05, 3.63) is 16.4 Å². The normalized spacial score (nSPS) is 12.5. The maximum atomic E-state index is 10.9. The fourth-order valence-electron chi connectivity index (χ4n) is 0.876. The van der Waals surface area contributed by atoms with E-state index in [1.807, 2.05) is 0 Å². The molecule has 1 aromatic heterocycles. The number of hydrogen-bond acceptors (Lipinski definition) is 4. The van der Waals surface area contributed by atoms with E-state index in [0.29, 0.717) is 11.2 Å². The van der Waals surface area contributed by atoms with E-state index in [1.165, 1.54) is 7.11 Å². The molecule has 0 bridgehead atoms. The molecule has 0 aliphatic rings. The molecule has 0 saturated carbocycles. The maximum absolute atomic E-state index is 10.9. The Morgan fingerprint density at radius 1 is 1.80 bits per heavy atom. The van der Waals surface area contributed by atoms with Gasteiger partial charge in [-0.2, -0.15) is 5.10 Å². The van der Waals surface area contributed by atoms with Gasteiger partial charge in [-0.1, -0.05) is 0 Å². The van der Waals surface area contributed by atoms with Crippen LogP contribution in [0, 0.1) is 0 Å². The number of ether oxygens (including phenoxy) is 2. The summed E-state index contributed by atoms with van der Waals surface area (Å²) in [6.07, 6.45) is 0. The van der Waals surface area contributed by atoms with Crippen LogP contribution in [0.3, 0.4) is 0 Å². The highest BCUT2D eigenvalue weighted by Crippen LogP contribution is 2.08. The van der Waals surface area contributed by atoms with Gasteiger partial charge in [-0.15, -0.1) is 11.6 Å². The van der Waals surface area contributed by atoms with E-state index in [-0.39, 0.29) is 6.61 Å². The Labute approximate surface area is 100 Å². The molecule has 7 heteroatoms. The quantitative estimate of drug-likeness (QED) is 0.660. The molecule has 1 aromatic rings. The molecular formula is C8H10BrClN2O3. The summed E-state index contributed by atoms with van der Waals surface area (Å²) in [7, 11) is 1.28. The molecule has 0 saturated heterocycles. The van der Waals surface area contributed by atoms with Crippen molar-refractivity contribution in [3.8, 4) is 0 Å². The van der Waals surface area contributed by atoms with Gasteiger partial charge in [-0.25, -0.2) is 0 Å². The van der Waals surface area contributed by atoms with Crippen molar-refractivity contribution in [3.63, 3.8) is 0 Å². The number of hydrogen-bond donors (Lipinski definition) is 1. The number of rotatable bonds is 5. The molecule has 0 unspecified atom stereocenters. The van der Waals surface area contributed by atoms with Crippen LogP contribution in [0.5, 0.6) is 0 Å². The minimum atomic E-state index is -0.777. The fourth-order valence-corrected chi connectivity index (χ4v) is 1.42. The largest absolute Gasteiger partial charge is 0.468 e. The van der Waals surface area contributed by atoms with Crippen molar-refractivity contribution in [1.29, 1.82) is 0 Å². The number of nitrogens with one attached hydrogen (secondary N) is 1. The number of carbonyl (C=O) groups is 1. The fraction of sp³-hybridized carbons (Fsp3) is 0.500. The molecule has 0 radical (unpaired) electrons. The number of aromatic amines is 1. The van der Waals surface area contributed by atoms with Crippen molar-refractivity contribution < 1.29 is 14.3 Å². The summed E-state index contributed by atoms with van der Waals surface area (Å²) in [5.41, 5.74) is 0.801. The van der Waals surface area contributed by atoms with Gasteiger partial charge in [0.2, 0.25) is 0 Å². The highest BCUT2D eigenvalue weighted by molar-refractivity contribution is 9.10. The van der Waals surface area contributed by atoms with Crippen LogP contribution in [-0.2, 0) is 20.9 Å². The first-order valence-electron chi connectivity index (χ1n) is 4.13. The molecule has 84 valence electrons. The average Bonchev–Trinajstić information content (AvgIpc) is 2.63. The molecule has 0 spiro atoms. The van der Waals surface area contributed by atoms with Crippen LogP contribution in [0.4, 0.5) is 0 Å². The van der Waals surface area contributed by atoms with E-state index in [2.05, 4.69) is 30.9 Å². The van der Waals surface area contributed by atoms with Gasteiger partial charge in [-0.05, 0) is 22.0 Å². The summed E-state index contributed by atoms with van der Waals surface area (Å²) in [4.78, 5) is 10.9. The van der Waals surface area contributed by atoms with E-state index in [4.69, 9.17) is 16.3 Å². The van der Waals surface area contributed by atoms with Crippen molar-refractivity contribution in [2.45, 2.75) is 12.0 Å². The summed E-state index contributed by atoms with van der Waals surface area (Å²) in [6, 6.07) is 1.78. The van der Waals surface area contributed by atoms with Gasteiger partial charge in [-0.3, -0.25) is 9.89 Å². The monoisotopic (exact) mass is 296 g/mol. The summed E-state index contributed by atoms with van der Waals surface area (Å²) < 4.78 is 10.3. The number of carbonyl (C=O) groups excluding carboxylic acids is 1. The number of alkyl halides is 1. The zero-order valence-electron chi connectivity index (χ0n) is 8.00. The molecule has 0 aliphatic carbocycles. The standard InChI is InChI=1S/C8H10BrClN2O3/c1-14-8(13)6(10)4-15-3-5-2-7(9)12-11-5/h2,6H,3-4H2,1H3,(H,11,12)/t6-/m1/s1. The van der Waals surface area contributed by atoms with Crippen molar-refractivity contribution in [2.24, 2.45) is 0 Å². The lowest BCUT2D eigenvalue weighted by molar-refractivity contribution is -0.141. The molecular weight excluding hydrogens is 287 g/mol.